The summed E-state index contributed by atoms with van der Waals surface area (Å²) in [4.78, 5) is 17.1. The molecule has 8 heteroatoms. The van der Waals surface area contributed by atoms with Crippen molar-refractivity contribution in [2.75, 3.05) is 26.2 Å². The van der Waals surface area contributed by atoms with Gasteiger partial charge in [0.15, 0.2) is 0 Å². The van der Waals surface area contributed by atoms with Crippen molar-refractivity contribution in [1.82, 2.24) is 29.4 Å². The van der Waals surface area contributed by atoms with Crippen molar-refractivity contribution in [2.45, 2.75) is 39.9 Å². The van der Waals surface area contributed by atoms with E-state index in [1.165, 1.54) is 5.56 Å². The molecule has 0 atom stereocenters. The molecule has 1 aromatic carbocycles. The minimum absolute atomic E-state index is 0.195. The molecule has 1 fully saturated rings. The van der Waals surface area contributed by atoms with Crippen molar-refractivity contribution in [1.29, 1.82) is 0 Å². The summed E-state index contributed by atoms with van der Waals surface area (Å²) in [6, 6.07) is 7.98. The van der Waals surface area contributed by atoms with Crippen LogP contribution in [-0.2, 0) is 24.4 Å². The molecule has 0 unspecified atom stereocenters. The van der Waals surface area contributed by atoms with Gasteiger partial charge < -0.3 is 4.90 Å². The third-order valence-corrected chi connectivity index (χ3v) is 5.85. The number of hydrogen-bond donors (Lipinski definition) is 0. The zero-order valence-electron chi connectivity index (χ0n) is 17.0. The van der Waals surface area contributed by atoms with Crippen molar-refractivity contribution in [2.24, 2.45) is 0 Å². The smallest absolute Gasteiger partial charge is 0.224 e. The van der Waals surface area contributed by atoms with Crippen LogP contribution >= 0.6 is 11.6 Å². The molecule has 0 aliphatic carbocycles. The topological polar surface area (TPSA) is 59.2 Å². The number of aryl methyl sites for hydroxylation is 3. The van der Waals surface area contributed by atoms with Gasteiger partial charge in [-0.2, -0.15) is 10.2 Å². The number of benzene rings is 1. The summed E-state index contributed by atoms with van der Waals surface area (Å²) >= 11 is 5.96. The Kier molecular flexibility index (Phi) is 5.87. The second kappa shape index (κ2) is 8.55. The molecule has 7 nitrogen and oxygen atoms in total. The minimum atomic E-state index is 0.195. The van der Waals surface area contributed by atoms with Crippen LogP contribution in [0.3, 0.4) is 0 Å². The fraction of sp³-hybridized carbons (Fsp3) is 0.476. The summed E-state index contributed by atoms with van der Waals surface area (Å²) < 4.78 is 3.87. The number of nitrogens with zero attached hydrogens (tertiary/aromatic N) is 6. The Labute approximate surface area is 175 Å². The number of hydrogen-bond acceptors (Lipinski definition) is 4. The summed E-state index contributed by atoms with van der Waals surface area (Å²) in [5.74, 6) is 0.195. The first-order valence-electron chi connectivity index (χ1n) is 10.2. The molecule has 4 rings (SSSR count). The van der Waals surface area contributed by atoms with E-state index in [9.17, 15) is 4.79 Å². The van der Waals surface area contributed by atoms with Gasteiger partial charge in [0.25, 0.3) is 0 Å². The first-order chi connectivity index (χ1) is 14.0. The standard InChI is InChI=1S/C21H27ClN6O/c1-3-27-19-14-23-28(21(19)16(2)24-27)9-8-20(29)26-12-10-25(11-13-26)15-17-4-6-18(22)7-5-17/h4-7,14H,3,8-13,15H2,1-2H3. The Morgan fingerprint density at radius 3 is 2.52 bits per heavy atom. The van der Waals surface area contributed by atoms with E-state index in [1.807, 2.05) is 39.5 Å². The molecule has 3 aromatic rings. The molecule has 1 amide bonds. The fourth-order valence-corrected chi connectivity index (χ4v) is 4.12. The van der Waals surface area contributed by atoms with E-state index in [0.29, 0.717) is 13.0 Å². The van der Waals surface area contributed by atoms with Crippen molar-refractivity contribution in [3.05, 3.63) is 46.7 Å². The van der Waals surface area contributed by atoms with Gasteiger partial charge in [0.2, 0.25) is 5.91 Å². The Bertz CT molecular complexity index is 985. The van der Waals surface area contributed by atoms with E-state index >= 15 is 0 Å². The Morgan fingerprint density at radius 1 is 1.10 bits per heavy atom. The number of fused-ring (bicyclic) bond motifs is 1. The average Bonchev–Trinajstić information content (AvgIpc) is 3.29. The largest absolute Gasteiger partial charge is 0.340 e. The molecule has 1 aliphatic rings. The lowest BCUT2D eigenvalue weighted by Gasteiger charge is -2.34. The third kappa shape index (κ3) is 4.31. The van der Waals surface area contributed by atoms with Crippen LogP contribution in [0.5, 0.6) is 0 Å². The lowest BCUT2D eigenvalue weighted by Crippen LogP contribution is -2.48. The summed E-state index contributed by atoms with van der Waals surface area (Å²) in [6.45, 7) is 9.69. The van der Waals surface area contributed by atoms with Crippen LogP contribution < -0.4 is 0 Å². The molecular weight excluding hydrogens is 388 g/mol. The number of aromatic nitrogens is 4. The molecule has 0 radical (unpaired) electrons. The fourth-order valence-electron chi connectivity index (χ4n) is 3.99. The minimum Gasteiger partial charge on any atom is -0.340 e. The predicted molar refractivity (Wildman–Crippen MR) is 114 cm³/mol. The van der Waals surface area contributed by atoms with Crippen LogP contribution in [0.2, 0.25) is 5.02 Å². The normalized spacial score (nSPS) is 15.3. The van der Waals surface area contributed by atoms with Crippen LogP contribution in [0, 0.1) is 6.92 Å². The maximum Gasteiger partial charge on any atom is 0.224 e. The highest BCUT2D eigenvalue weighted by Gasteiger charge is 2.21. The van der Waals surface area contributed by atoms with E-state index < -0.39 is 0 Å². The Hall–Kier alpha value is -2.38. The van der Waals surface area contributed by atoms with Gasteiger partial charge in [-0.15, -0.1) is 0 Å². The highest BCUT2D eigenvalue weighted by Crippen LogP contribution is 2.18. The second-order valence-corrected chi connectivity index (χ2v) is 7.97. The predicted octanol–water partition coefficient (Wildman–Crippen LogP) is 2.95. The van der Waals surface area contributed by atoms with Gasteiger partial charge in [0, 0.05) is 50.7 Å². The van der Waals surface area contributed by atoms with Crippen LogP contribution in [0.15, 0.2) is 30.5 Å². The maximum absolute atomic E-state index is 12.7. The summed E-state index contributed by atoms with van der Waals surface area (Å²) in [6.07, 6.45) is 2.31. The molecule has 0 spiro atoms. The summed E-state index contributed by atoms with van der Waals surface area (Å²) in [5.41, 5.74) is 4.28. The first-order valence-corrected chi connectivity index (χ1v) is 10.6. The molecule has 1 aliphatic heterocycles. The molecule has 3 heterocycles. The monoisotopic (exact) mass is 414 g/mol. The molecule has 0 saturated carbocycles. The number of piperazine rings is 1. The number of carbonyl (C=O) groups is 1. The van der Waals surface area contributed by atoms with Crippen LogP contribution in [0.25, 0.3) is 11.0 Å². The van der Waals surface area contributed by atoms with Crippen molar-refractivity contribution in [3.8, 4) is 0 Å². The maximum atomic E-state index is 12.7. The van der Waals surface area contributed by atoms with Crippen LogP contribution in [0.1, 0.15) is 24.6 Å². The Morgan fingerprint density at radius 2 is 1.83 bits per heavy atom. The molecule has 154 valence electrons. The SMILES string of the molecule is CCn1nc(C)c2c1cnn2CCC(=O)N1CCN(Cc2ccc(Cl)cc2)CC1. The molecule has 1 saturated heterocycles. The van der Waals surface area contributed by atoms with Crippen LogP contribution in [0.4, 0.5) is 0 Å². The number of amides is 1. The molecular formula is C21H27ClN6O. The van der Waals surface area contributed by atoms with Crippen molar-refractivity contribution < 1.29 is 4.79 Å². The molecule has 0 bridgehead atoms. The summed E-state index contributed by atoms with van der Waals surface area (Å²) in [5, 5.41) is 9.78. The highest BCUT2D eigenvalue weighted by molar-refractivity contribution is 6.30. The van der Waals surface area contributed by atoms with Gasteiger partial charge >= 0.3 is 0 Å². The van der Waals surface area contributed by atoms with Gasteiger partial charge in [-0.25, -0.2) is 0 Å². The molecule has 29 heavy (non-hydrogen) atoms. The quantitative estimate of drug-likeness (QED) is 0.622. The second-order valence-electron chi connectivity index (χ2n) is 7.54. The lowest BCUT2D eigenvalue weighted by molar-refractivity contribution is -0.133. The Balaban J connectivity index is 1.29. The van der Waals surface area contributed by atoms with E-state index in [0.717, 1.165) is 61.0 Å². The van der Waals surface area contributed by atoms with Crippen molar-refractivity contribution in [3.63, 3.8) is 0 Å². The van der Waals surface area contributed by atoms with Gasteiger partial charge in [0.05, 0.1) is 18.4 Å². The number of rotatable bonds is 6. The van der Waals surface area contributed by atoms with E-state index in [-0.39, 0.29) is 5.91 Å². The van der Waals surface area contributed by atoms with Gasteiger partial charge in [-0.05, 0) is 31.5 Å². The highest BCUT2D eigenvalue weighted by atomic mass is 35.5. The van der Waals surface area contributed by atoms with Gasteiger partial charge in [-0.3, -0.25) is 19.1 Å². The van der Waals surface area contributed by atoms with Crippen LogP contribution in [-0.4, -0.2) is 61.4 Å². The first kappa shape index (κ1) is 19.9. The third-order valence-electron chi connectivity index (χ3n) is 5.59. The average molecular weight is 415 g/mol. The number of halogens is 1. The van der Waals surface area contributed by atoms with Gasteiger partial charge in [-0.1, -0.05) is 23.7 Å². The lowest BCUT2D eigenvalue weighted by atomic mass is 10.2. The summed E-state index contributed by atoms with van der Waals surface area (Å²) in [7, 11) is 0. The zero-order valence-corrected chi connectivity index (χ0v) is 17.8. The van der Waals surface area contributed by atoms with E-state index in [4.69, 9.17) is 11.6 Å². The van der Waals surface area contributed by atoms with E-state index in [1.54, 1.807) is 0 Å². The molecule has 0 N–H and O–H groups in total. The molecule has 2 aromatic heterocycles. The van der Waals surface area contributed by atoms with E-state index in [2.05, 4.69) is 34.2 Å². The zero-order chi connectivity index (χ0) is 20.4. The van der Waals surface area contributed by atoms with Crippen molar-refractivity contribution >= 4 is 28.5 Å². The van der Waals surface area contributed by atoms with Gasteiger partial charge in [0.1, 0.15) is 11.0 Å². The number of carbonyl (C=O) groups excluding carboxylic acids is 1.